The zero-order valence-electron chi connectivity index (χ0n) is 15.5. The molecule has 0 aliphatic carbocycles. The number of hydrogen-bond acceptors (Lipinski definition) is 5. The summed E-state index contributed by atoms with van der Waals surface area (Å²) in [7, 11) is 4.65. The van der Waals surface area contributed by atoms with Crippen molar-refractivity contribution >= 4 is 16.9 Å². The van der Waals surface area contributed by atoms with Gasteiger partial charge in [0.15, 0.2) is 17.2 Å². The zero-order valence-corrected chi connectivity index (χ0v) is 15.5. The molecule has 136 valence electrons. The Kier molecular flexibility index (Phi) is 5.66. The Bertz CT molecular complexity index is 842. The molecule has 2 rings (SSSR count). The molecule has 0 saturated heterocycles. The van der Waals surface area contributed by atoms with Crippen molar-refractivity contribution in [1.82, 2.24) is 14.9 Å². The number of rotatable bonds is 6. The Labute approximate surface area is 147 Å². The number of carbonyl (C=O) groups is 1. The van der Waals surface area contributed by atoms with Crippen molar-refractivity contribution in [2.24, 2.45) is 13.0 Å². The van der Waals surface area contributed by atoms with E-state index in [1.165, 1.54) is 18.8 Å². The molecule has 1 atom stereocenters. The Morgan fingerprint density at radius 1 is 1.24 bits per heavy atom. The summed E-state index contributed by atoms with van der Waals surface area (Å²) < 4.78 is 11.9. The molecule has 0 radical (unpaired) electrons. The van der Waals surface area contributed by atoms with Crippen molar-refractivity contribution in [3.05, 3.63) is 28.2 Å². The highest BCUT2D eigenvalue weighted by Gasteiger charge is 2.21. The average molecular weight is 347 g/mol. The predicted molar refractivity (Wildman–Crippen MR) is 96.5 cm³/mol. The first-order valence-corrected chi connectivity index (χ1v) is 8.27. The van der Waals surface area contributed by atoms with E-state index in [2.05, 4.69) is 10.3 Å². The van der Waals surface area contributed by atoms with Gasteiger partial charge in [-0.3, -0.25) is 9.59 Å². The van der Waals surface area contributed by atoms with Crippen molar-refractivity contribution in [3.63, 3.8) is 0 Å². The van der Waals surface area contributed by atoms with Crippen molar-refractivity contribution in [2.45, 2.75) is 33.2 Å². The molecule has 7 nitrogen and oxygen atoms in total. The summed E-state index contributed by atoms with van der Waals surface area (Å²) in [5.74, 6) is 0.788. The number of nitrogens with zero attached hydrogens (tertiary/aromatic N) is 2. The van der Waals surface area contributed by atoms with Crippen molar-refractivity contribution in [1.29, 1.82) is 0 Å². The van der Waals surface area contributed by atoms with Crippen LogP contribution in [0.4, 0.5) is 0 Å². The maximum absolute atomic E-state index is 12.6. The van der Waals surface area contributed by atoms with Crippen LogP contribution in [-0.4, -0.2) is 35.7 Å². The molecular weight excluding hydrogens is 322 g/mol. The maximum atomic E-state index is 12.6. The lowest BCUT2D eigenvalue weighted by atomic mass is 10.0. The molecule has 0 bridgehead atoms. The number of methoxy groups -OCH3 is 2. The summed E-state index contributed by atoms with van der Waals surface area (Å²) >= 11 is 0. The smallest absolute Gasteiger partial charge is 0.282 e. The topological polar surface area (TPSA) is 82.4 Å². The van der Waals surface area contributed by atoms with Gasteiger partial charge in [0.2, 0.25) is 0 Å². The van der Waals surface area contributed by atoms with Crippen LogP contribution in [0.5, 0.6) is 11.5 Å². The molecule has 7 heteroatoms. The minimum Gasteiger partial charge on any atom is -0.493 e. The van der Waals surface area contributed by atoms with E-state index < -0.39 is 11.5 Å². The second-order valence-corrected chi connectivity index (χ2v) is 6.25. The standard InChI is InChI=1S/C18H25N3O4/c1-7-11(10(2)3)20-17(22)16-18(23)21(4)13-9-15(25-6)14(24-5)8-12(13)19-16/h8-11H,7H2,1-6H3,(H,20,22). The predicted octanol–water partition coefficient (Wildman–Crippen LogP) is 2.12. The highest BCUT2D eigenvalue weighted by Crippen LogP contribution is 2.30. The third-order valence-corrected chi connectivity index (χ3v) is 4.36. The number of ether oxygens (including phenoxy) is 2. The summed E-state index contributed by atoms with van der Waals surface area (Å²) in [5, 5.41) is 2.90. The van der Waals surface area contributed by atoms with Gasteiger partial charge in [-0.15, -0.1) is 0 Å². The van der Waals surface area contributed by atoms with Crippen LogP contribution in [0.2, 0.25) is 0 Å². The molecule has 2 aromatic rings. The van der Waals surface area contributed by atoms with E-state index in [1.807, 2.05) is 20.8 Å². The summed E-state index contributed by atoms with van der Waals surface area (Å²) in [5.41, 5.74) is 0.481. The van der Waals surface area contributed by atoms with Crippen LogP contribution >= 0.6 is 0 Å². The quantitative estimate of drug-likeness (QED) is 0.865. The second-order valence-electron chi connectivity index (χ2n) is 6.25. The van der Waals surface area contributed by atoms with Gasteiger partial charge in [-0.05, 0) is 12.3 Å². The molecule has 1 amide bonds. The number of amides is 1. The van der Waals surface area contributed by atoms with Crippen LogP contribution in [-0.2, 0) is 7.05 Å². The lowest BCUT2D eigenvalue weighted by Gasteiger charge is -2.20. The number of hydrogen-bond donors (Lipinski definition) is 1. The van der Waals surface area contributed by atoms with Gasteiger partial charge in [-0.1, -0.05) is 20.8 Å². The van der Waals surface area contributed by atoms with E-state index in [0.29, 0.717) is 22.5 Å². The van der Waals surface area contributed by atoms with Gasteiger partial charge >= 0.3 is 0 Å². The number of aryl methyl sites for hydroxylation is 1. The number of benzene rings is 1. The van der Waals surface area contributed by atoms with Gasteiger partial charge in [0, 0.05) is 25.2 Å². The molecule has 25 heavy (non-hydrogen) atoms. The zero-order chi connectivity index (χ0) is 18.7. The minimum absolute atomic E-state index is 0.0138. The Balaban J connectivity index is 2.57. The second kappa shape index (κ2) is 7.55. The number of carbonyl (C=O) groups excluding carboxylic acids is 1. The first kappa shape index (κ1) is 18.8. The minimum atomic E-state index is -0.460. The summed E-state index contributed by atoms with van der Waals surface area (Å²) in [6, 6.07) is 3.32. The van der Waals surface area contributed by atoms with Crippen LogP contribution in [0.25, 0.3) is 11.0 Å². The average Bonchev–Trinajstić information content (AvgIpc) is 2.60. The summed E-state index contributed by atoms with van der Waals surface area (Å²) in [6.07, 6.45) is 0.780. The molecular formula is C18H25N3O4. The highest BCUT2D eigenvalue weighted by molar-refractivity contribution is 5.94. The van der Waals surface area contributed by atoms with Gasteiger partial charge in [0.25, 0.3) is 11.5 Å². The Morgan fingerprint density at radius 3 is 2.36 bits per heavy atom. The van der Waals surface area contributed by atoms with Crippen LogP contribution in [0.1, 0.15) is 37.7 Å². The van der Waals surface area contributed by atoms with E-state index in [-0.39, 0.29) is 17.7 Å². The van der Waals surface area contributed by atoms with E-state index in [9.17, 15) is 9.59 Å². The molecule has 0 spiro atoms. The fraction of sp³-hybridized carbons (Fsp3) is 0.500. The molecule has 0 aliphatic rings. The first-order chi connectivity index (χ1) is 11.8. The highest BCUT2D eigenvalue weighted by atomic mass is 16.5. The third-order valence-electron chi connectivity index (χ3n) is 4.36. The monoisotopic (exact) mass is 347 g/mol. The molecule has 0 saturated carbocycles. The number of nitrogens with one attached hydrogen (secondary N) is 1. The van der Waals surface area contributed by atoms with Gasteiger partial charge < -0.3 is 19.4 Å². The largest absolute Gasteiger partial charge is 0.493 e. The molecule has 1 heterocycles. The lowest BCUT2D eigenvalue weighted by Crippen LogP contribution is -2.41. The molecule has 0 aliphatic heterocycles. The van der Waals surface area contributed by atoms with Gasteiger partial charge in [0.05, 0.1) is 25.3 Å². The van der Waals surface area contributed by atoms with Crippen molar-refractivity contribution < 1.29 is 14.3 Å². The maximum Gasteiger partial charge on any atom is 0.282 e. The summed E-state index contributed by atoms with van der Waals surface area (Å²) in [6.45, 7) is 6.04. The normalized spacial score (nSPS) is 12.3. The van der Waals surface area contributed by atoms with Gasteiger partial charge in [-0.2, -0.15) is 0 Å². The van der Waals surface area contributed by atoms with E-state index in [1.54, 1.807) is 19.2 Å². The van der Waals surface area contributed by atoms with Crippen LogP contribution < -0.4 is 20.3 Å². The van der Waals surface area contributed by atoms with Crippen LogP contribution in [0.3, 0.4) is 0 Å². The molecule has 1 N–H and O–H groups in total. The van der Waals surface area contributed by atoms with Gasteiger partial charge in [-0.25, -0.2) is 4.98 Å². The van der Waals surface area contributed by atoms with E-state index in [0.717, 1.165) is 6.42 Å². The third kappa shape index (κ3) is 3.60. The fourth-order valence-corrected chi connectivity index (χ4v) is 2.78. The van der Waals surface area contributed by atoms with E-state index >= 15 is 0 Å². The first-order valence-electron chi connectivity index (χ1n) is 8.27. The van der Waals surface area contributed by atoms with Gasteiger partial charge in [0.1, 0.15) is 0 Å². The number of aromatic nitrogens is 2. The molecule has 1 aromatic carbocycles. The Morgan fingerprint density at radius 2 is 1.84 bits per heavy atom. The molecule has 0 fully saturated rings. The fourth-order valence-electron chi connectivity index (χ4n) is 2.78. The lowest BCUT2D eigenvalue weighted by molar-refractivity contribution is 0.0917. The summed E-state index contributed by atoms with van der Waals surface area (Å²) in [4.78, 5) is 29.4. The molecule has 1 aromatic heterocycles. The van der Waals surface area contributed by atoms with E-state index in [4.69, 9.17) is 9.47 Å². The Hall–Kier alpha value is -2.57. The van der Waals surface area contributed by atoms with Crippen LogP contribution in [0, 0.1) is 5.92 Å². The van der Waals surface area contributed by atoms with Crippen LogP contribution in [0.15, 0.2) is 16.9 Å². The molecule has 1 unspecified atom stereocenters. The SMILES string of the molecule is CCC(NC(=O)c1nc2cc(OC)c(OC)cc2n(C)c1=O)C(C)C. The van der Waals surface area contributed by atoms with Crippen molar-refractivity contribution in [3.8, 4) is 11.5 Å². The van der Waals surface area contributed by atoms with Crippen molar-refractivity contribution in [2.75, 3.05) is 14.2 Å². The number of fused-ring (bicyclic) bond motifs is 1.